The summed E-state index contributed by atoms with van der Waals surface area (Å²) in [7, 11) is 1.65. The van der Waals surface area contributed by atoms with Crippen LogP contribution in [0, 0.1) is 13.8 Å². The lowest BCUT2D eigenvalue weighted by molar-refractivity contribution is -0.120. The molecule has 0 bridgehead atoms. The van der Waals surface area contributed by atoms with Crippen molar-refractivity contribution in [2.75, 3.05) is 13.7 Å². The number of nitrogens with zero attached hydrogens (tertiary/aromatic N) is 1. The van der Waals surface area contributed by atoms with E-state index in [0.717, 1.165) is 46.1 Å². The maximum Gasteiger partial charge on any atom is 0.224 e. The van der Waals surface area contributed by atoms with E-state index in [0.29, 0.717) is 19.6 Å². The smallest absolute Gasteiger partial charge is 0.224 e. The van der Waals surface area contributed by atoms with Gasteiger partial charge in [0.05, 0.1) is 24.8 Å². The van der Waals surface area contributed by atoms with Gasteiger partial charge in [0.25, 0.3) is 0 Å². The van der Waals surface area contributed by atoms with Gasteiger partial charge in [0.1, 0.15) is 23.9 Å². The van der Waals surface area contributed by atoms with Crippen LogP contribution in [0.15, 0.2) is 53.1 Å². The first-order valence-electron chi connectivity index (χ1n) is 9.59. The number of benzene rings is 2. The van der Waals surface area contributed by atoms with Gasteiger partial charge in [-0.3, -0.25) is 4.79 Å². The van der Waals surface area contributed by atoms with Gasteiger partial charge in [-0.05, 0) is 49.6 Å². The fourth-order valence-electron chi connectivity index (χ4n) is 3.06. The van der Waals surface area contributed by atoms with Gasteiger partial charge in [-0.15, -0.1) is 0 Å². The summed E-state index contributed by atoms with van der Waals surface area (Å²) < 4.78 is 16.3. The first kappa shape index (κ1) is 20.5. The summed E-state index contributed by atoms with van der Waals surface area (Å²) in [6, 6.07) is 15.4. The Bertz CT molecular complexity index is 928. The first-order valence-corrected chi connectivity index (χ1v) is 9.59. The molecule has 0 atom stereocenters. The van der Waals surface area contributed by atoms with E-state index in [1.807, 2.05) is 62.4 Å². The Hall–Kier alpha value is -3.28. The highest BCUT2D eigenvalue weighted by Crippen LogP contribution is 2.19. The van der Waals surface area contributed by atoms with Crippen molar-refractivity contribution in [2.45, 2.75) is 33.3 Å². The van der Waals surface area contributed by atoms with Crippen LogP contribution in [0.5, 0.6) is 11.5 Å². The SMILES string of the molecule is COc1ccccc1CCNC(=O)Cc1ccc(OCc2c(C)noc2C)cc1. The van der Waals surface area contributed by atoms with Crippen LogP contribution in [0.3, 0.4) is 0 Å². The molecule has 1 aromatic heterocycles. The Labute approximate surface area is 170 Å². The molecule has 1 heterocycles. The quantitative estimate of drug-likeness (QED) is 0.598. The number of para-hydroxylation sites is 1. The standard InChI is InChI=1S/C23H26N2O4/c1-16-21(17(2)29-25-16)15-28-20-10-8-18(9-11-20)14-23(26)24-13-12-19-6-4-5-7-22(19)27-3/h4-11H,12-15H2,1-3H3,(H,24,26). The molecule has 6 nitrogen and oxygen atoms in total. The molecular weight excluding hydrogens is 368 g/mol. The molecule has 3 rings (SSSR count). The molecule has 0 aliphatic heterocycles. The number of carbonyl (C=O) groups excluding carboxylic acids is 1. The van der Waals surface area contributed by atoms with E-state index in [-0.39, 0.29) is 5.91 Å². The Morgan fingerprint density at radius 2 is 1.86 bits per heavy atom. The molecule has 29 heavy (non-hydrogen) atoms. The zero-order chi connectivity index (χ0) is 20.6. The largest absolute Gasteiger partial charge is 0.496 e. The van der Waals surface area contributed by atoms with Gasteiger partial charge in [0, 0.05) is 6.54 Å². The van der Waals surface area contributed by atoms with Gasteiger partial charge in [-0.1, -0.05) is 35.5 Å². The molecule has 0 aliphatic rings. The third-order valence-electron chi connectivity index (χ3n) is 4.76. The summed E-state index contributed by atoms with van der Waals surface area (Å²) in [6.45, 7) is 4.74. The summed E-state index contributed by atoms with van der Waals surface area (Å²) in [4.78, 5) is 12.2. The summed E-state index contributed by atoms with van der Waals surface area (Å²) in [5, 5.41) is 6.88. The molecule has 3 aromatic rings. The maximum atomic E-state index is 12.2. The van der Waals surface area contributed by atoms with E-state index in [1.165, 1.54) is 0 Å². The number of aryl methyl sites for hydroxylation is 2. The fourth-order valence-corrected chi connectivity index (χ4v) is 3.06. The molecule has 152 valence electrons. The van der Waals surface area contributed by atoms with E-state index in [9.17, 15) is 4.79 Å². The summed E-state index contributed by atoms with van der Waals surface area (Å²) in [6.07, 6.45) is 1.06. The van der Waals surface area contributed by atoms with Gasteiger partial charge in [-0.25, -0.2) is 0 Å². The van der Waals surface area contributed by atoms with Gasteiger partial charge in [0.15, 0.2) is 0 Å². The Balaban J connectivity index is 1.45. The molecule has 6 heteroatoms. The van der Waals surface area contributed by atoms with Crippen molar-refractivity contribution in [3.63, 3.8) is 0 Å². The number of methoxy groups -OCH3 is 1. The van der Waals surface area contributed by atoms with Crippen molar-refractivity contribution in [1.82, 2.24) is 10.5 Å². The van der Waals surface area contributed by atoms with Gasteiger partial charge >= 0.3 is 0 Å². The third kappa shape index (κ3) is 5.60. The number of aromatic nitrogens is 1. The highest BCUT2D eigenvalue weighted by atomic mass is 16.5. The topological polar surface area (TPSA) is 73.6 Å². The molecule has 0 fully saturated rings. The van der Waals surface area contributed by atoms with Crippen molar-refractivity contribution in [2.24, 2.45) is 0 Å². The first-order chi connectivity index (χ1) is 14.1. The second-order valence-corrected chi connectivity index (χ2v) is 6.82. The van der Waals surface area contributed by atoms with Crippen LogP contribution < -0.4 is 14.8 Å². The normalized spacial score (nSPS) is 10.6. The summed E-state index contributed by atoms with van der Waals surface area (Å²) in [5.74, 6) is 2.34. The van der Waals surface area contributed by atoms with Crippen molar-refractivity contribution in [3.05, 3.63) is 76.7 Å². The van der Waals surface area contributed by atoms with Crippen LogP contribution in [0.2, 0.25) is 0 Å². The van der Waals surface area contributed by atoms with E-state index in [2.05, 4.69) is 10.5 Å². The lowest BCUT2D eigenvalue weighted by atomic mass is 10.1. The van der Waals surface area contributed by atoms with Crippen LogP contribution in [0.25, 0.3) is 0 Å². The van der Waals surface area contributed by atoms with Crippen molar-refractivity contribution in [3.8, 4) is 11.5 Å². The molecule has 0 spiro atoms. The van der Waals surface area contributed by atoms with Crippen LogP contribution in [-0.4, -0.2) is 24.7 Å². The number of nitrogens with one attached hydrogen (secondary N) is 1. The average molecular weight is 394 g/mol. The van der Waals surface area contributed by atoms with Crippen molar-refractivity contribution < 1.29 is 18.8 Å². The van der Waals surface area contributed by atoms with Crippen LogP contribution in [0.1, 0.15) is 28.1 Å². The number of ether oxygens (including phenoxy) is 2. The summed E-state index contributed by atoms with van der Waals surface area (Å²) >= 11 is 0. The third-order valence-corrected chi connectivity index (χ3v) is 4.76. The second-order valence-electron chi connectivity index (χ2n) is 6.82. The number of hydrogen-bond acceptors (Lipinski definition) is 5. The Kier molecular flexibility index (Phi) is 6.89. The molecule has 0 saturated heterocycles. The van der Waals surface area contributed by atoms with E-state index >= 15 is 0 Å². The minimum atomic E-state index is -0.00992. The van der Waals surface area contributed by atoms with Crippen LogP contribution in [0.4, 0.5) is 0 Å². The Morgan fingerprint density at radius 1 is 1.10 bits per heavy atom. The fraction of sp³-hybridized carbons (Fsp3) is 0.304. The molecular formula is C23H26N2O4. The molecule has 2 aromatic carbocycles. The molecule has 0 unspecified atom stereocenters. The lowest BCUT2D eigenvalue weighted by Gasteiger charge is -2.10. The van der Waals surface area contributed by atoms with Crippen LogP contribution in [-0.2, 0) is 24.2 Å². The summed E-state index contributed by atoms with van der Waals surface area (Å²) in [5.41, 5.74) is 3.81. The maximum absolute atomic E-state index is 12.2. The molecule has 0 radical (unpaired) electrons. The zero-order valence-electron chi connectivity index (χ0n) is 17.0. The minimum Gasteiger partial charge on any atom is -0.496 e. The predicted octanol–water partition coefficient (Wildman–Crippen LogP) is 3.78. The number of rotatable bonds is 9. The minimum absolute atomic E-state index is 0.00992. The second kappa shape index (κ2) is 9.78. The molecule has 1 N–H and O–H groups in total. The van der Waals surface area contributed by atoms with Crippen molar-refractivity contribution in [1.29, 1.82) is 0 Å². The highest BCUT2D eigenvalue weighted by molar-refractivity contribution is 5.78. The number of amides is 1. The van der Waals surface area contributed by atoms with Crippen LogP contribution >= 0.6 is 0 Å². The highest BCUT2D eigenvalue weighted by Gasteiger charge is 2.10. The average Bonchev–Trinajstić information content (AvgIpc) is 3.05. The van der Waals surface area contributed by atoms with Gasteiger partial charge in [-0.2, -0.15) is 0 Å². The molecule has 1 amide bonds. The molecule has 0 saturated carbocycles. The number of carbonyl (C=O) groups is 1. The Morgan fingerprint density at radius 3 is 2.55 bits per heavy atom. The van der Waals surface area contributed by atoms with E-state index in [4.69, 9.17) is 14.0 Å². The zero-order valence-corrected chi connectivity index (χ0v) is 17.0. The van der Waals surface area contributed by atoms with Gasteiger partial charge < -0.3 is 19.3 Å². The van der Waals surface area contributed by atoms with Crippen molar-refractivity contribution >= 4 is 5.91 Å². The predicted molar refractivity (Wildman–Crippen MR) is 110 cm³/mol. The lowest BCUT2D eigenvalue weighted by Crippen LogP contribution is -2.27. The number of hydrogen-bond donors (Lipinski definition) is 1. The van der Waals surface area contributed by atoms with E-state index in [1.54, 1.807) is 7.11 Å². The van der Waals surface area contributed by atoms with Gasteiger partial charge in [0.2, 0.25) is 5.91 Å². The molecule has 0 aliphatic carbocycles. The monoisotopic (exact) mass is 394 g/mol. The van der Waals surface area contributed by atoms with E-state index < -0.39 is 0 Å².